The smallest absolute Gasteiger partial charge is 0.254 e. The van der Waals surface area contributed by atoms with E-state index >= 15 is 0 Å². The van der Waals surface area contributed by atoms with Gasteiger partial charge in [-0.2, -0.15) is 0 Å². The first-order valence-electron chi connectivity index (χ1n) is 16.0. The van der Waals surface area contributed by atoms with E-state index in [-0.39, 0.29) is 24.6 Å². The lowest BCUT2D eigenvalue weighted by Crippen LogP contribution is -2.50. The zero-order chi connectivity index (χ0) is 32.6. The first kappa shape index (κ1) is 29.4. The van der Waals surface area contributed by atoms with Gasteiger partial charge in [0.25, 0.3) is 5.91 Å². The van der Waals surface area contributed by atoms with Crippen LogP contribution in [0.25, 0.3) is 55.7 Å². The lowest BCUT2D eigenvalue weighted by Gasteiger charge is -2.33. The molecular formula is C36H36FN7O3. The maximum Gasteiger partial charge on any atom is 0.254 e. The molecule has 10 nitrogen and oxygen atoms in total. The van der Waals surface area contributed by atoms with Crippen molar-refractivity contribution in [3.8, 4) is 34.3 Å². The summed E-state index contributed by atoms with van der Waals surface area (Å²) in [5.41, 5.74) is 12.7. The fourth-order valence-electron chi connectivity index (χ4n) is 6.95. The number of likely N-dealkylation sites (tertiary alicyclic amines) is 1. The highest BCUT2D eigenvalue weighted by molar-refractivity contribution is 6.00. The summed E-state index contributed by atoms with van der Waals surface area (Å²) in [7, 11) is 3.52. The van der Waals surface area contributed by atoms with Crippen LogP contribution < -0.4 is 10.5 Å². The summed E-state index contributed by atoms with van der Waals surface area (Å²) in [6.45, 7) is 3.00. The third-order valence-corrected chi connectivity index (χ3v) is 9.44. The molecule has 1 saturated carbocycles. The molecule has 4 aromatic heterocycles. The number of carbonyl (C=O) groups is 1. The van der Waals surface area contributed by atoms with Gasteiger partial charge in [-0.05, 0) is 74.6 Å². The van der Waals surface area contributed by atoms with Crippen molar-refractivity contribution in [2.24, 2.45) is 18.7 Å². The van der Waals surface area contributed by atoms with Gasteiger partial charge >= 0.3 is 0 Å². The average molecular weight is 634 g/mol. The van der Waals surface area contributed by atoms with Gasteiger partial charge in [0.15, 0.2) is 5.82 Å². The Labute approximate surface area is 270 Å². The Balaban J connectivity index is 1.23. The number of nitrogens with two attached hydrogens (primary N) is 1. The Bertz CT molecular complexity index is 2210. The fourth-order valence-corrected chi connectivity index (χ4v) is 6.95. The van der Waals surface area contributed by atoms with E-state index < -0.39 is 12.2 Å². The normalized spacial score (nSPS) is 18.4. The zero-order valence-corrected chi connectivity index (χ0v) is 26.6. The summed E-state index contributed by atoms with van der Waals surface area (Å²) in [6, 6.07) is 16.8. The van der Waals surface area contributed by atoms with Gasteiger partial charge in [0.2, 0.25) is 0 Å². The molecule has 2 atom stereocenters. The van der Waals surface area contributed by atoms with Crippen LogP contribution in [-0.2, 0) is 13.6 Å². The monoisotopic (exact) mass is 633 g/mol. The number of alkyl halides is 1. The Hall–Kier alpha value is -5.03. The van der Waals surface area contributed by atoms with Crippen LogP contribution in [0.4, 0.5) is 4.39 Å². The molecule has 47 heavy (non-hydrogen) atoms. The van der Waals surface area contributed by atoms with Crippen molar-refractivity contribution >= 4 is 38.9 Å². The Kier molecular flexibility index (Phi) is 6.91. The minimum Gasteiger partial charge on any atom is -0.507 e. The lowest BCUT2D eigenvalue weighted by molar-refractivity contribution is 0.0606. The summed E-state index contributed by atoms with van der Waals surface area (Å²) < 4.78 is 24.3. The molecule has 1 aliphatic carbocycles. The van der Waals surface area contributed by atoms with Crippen LogP contribution in [0, 0.1) is 12.8 Å². The number of amides is 1. The number of halogens is 1. The predicted octanol–water partition coefficient (Wildman–Crippen LogP) is 5.75. The zero-order valence-electron chi connectivity index (χ0n) is 26.6. The van der Waals surface area contributed by atoms with Crippen molar-refractivity contribution < 1.29 is 19.0 Å². The number of aromatic hydroxyl groups is 1. The molecule has 0 unspecified atom stereocenters. The van der Waals surface area contributed by atoms with E-state index in [1.807, 2.05) is 42.8 Å². The molecule has 2 fully saturated rings. The molecule has 240 valence electrons. The summed E-state index contributed by atoms with van der Waals surface area (Å²) >= 11 is 0. The van der Waals surface area contributed by atoms with Gasteiger partial charge in [-0.25, -0.2) is 14.4 Å². The standard InChI is InChI=1S/C36H36FN7O3/c1-19-10-31(45)26-11-21(6-9-28(26)39-19)27-8-7-22-13-30(44(34(22)40-27)16-20-4-5-20)35-41-29-12-23(14-32(47-3)33(29)42(35)2)36(46)43-17-24(37)15-25(38)18-43/h6-14,20,24-25H,4-5,15-18,38H2,1-3H3,(H,39,45)/t24-,25-/m1/s1. The summed E-state index contributed by atoms with van der Waals surface area (Å²) in [6.07, 6.45) is 1.43. The molecule has 6 aromatic rings. The van der Waals surface area contributed by atoms with Gasteiger partial charge in [-0.3, -0.25) is 9.78 Å². The first-order chi connectivity index (χ1) is 22.7. The van der Waals surface area contributed by atoms with Gasteiger partial charge in [-0.15, -0.1) is 0 Å². The number of imidazole rings is 1. The van der Waals surface area contributed by atoms with E-state index in [0.717, 1.165) is 69.9 Å². The predicted molar refractivity (Wildman–Crippen MR) is 179 cm³/mol. The van der Waals surface area contributed by atoms with E-state index in [9.17, 15) is 14.3 Å². The van der Waals surface area contributed by atoms with Crippen molar-refractivity contribution in [3.05, 3.63) is 65.9 Å². The van der Waals surface area contributed by atoms with E-state index in [1.54, 1.807) is 25.3 Å². The van der Waals surface area contributed by atoms with Crippen molar-refractivity contribution in [2.45, 2.75) is 44.9 Å². The number of pyridine rings is 2. The number of piperidine rings is 1. The minimum absolute atomic E-state index is 0.0214. The Morgan fingerprint density at radius 2 is 1.87 bits per heavy atom. The number of hydrogen-bond acceptors (Lipinski definition) is 7. The van der Waals surface area contributed by atoms with Gasteiger partial charge in [0.1, 0.15) is 28.8 Å². The van der Waals surface area contributed by atoms with Crippen LogP contribution in [0.3, 0.4) is 0 Å². The van der Waals surface area contributed by atoms with E-state index in [1.165, 1.54) is 4.90 Å². The average Bonchev–Trinajstić information content (AvgIpc) is 3.72. The van der Waals surface area contributed by atoms with E-state index in [0.29, 0.717) is 34.7 Å². The number of carbonyl (C=O) groups excluding carboxylic acids is 1. The highest BCUT2D eigenvalue weighted by atomic mass is 19.1. The quantitative estimate of drug-likeness (QED) is 0.239. The van der Waals surface area contributed by atoms with Crippen molar-refractivity contribution in [1.29, 1.82) is 0 Å². The molecule has 2 aromatic carbocycles. The fraction of sp³-hybridized carbons (Fsp3) is 0.333. The number of ether oxygens (including phenoxy) is 1. The van der Waals surface area contributed by atoms with Crippen LogP contribution in [-0.4, -0.2) is 72.4 Å². The molecule has 1 saturated heterocycles. The highest BCUT2D eigenvalue weighted by Gasteiger charge is 2.30. The second-order valence-corrected chi connectivity index (χ2v) is 13.1. The maximum absolute atomic E-state index is 14.3. The van der Waals surface area contributed by atoms with Crippen LogP contribution >= 0.6 is 0 Å². The number of nitrogens with zero attached hydrogens (tertiary/aromatic N) is 6. The van der Waals surface area contributed by atoms with Crippen LogP contribution in [0.15, 0.2) is 54.6 Å². The van der Waals surface area contributed by atoms with Crippen LogP contribution in [0.1, 0.15) is 35.3 Å². The Morgan fingerprint density at radius 1 is 1.04 bits per heavy atom. The summed E-state index contributed by atoms with van der Waals surface area (Å²) in [4.78, 5) is 29.7. The number of methoxy groups -OCH3 is 1. The number of aryl methyl sites for hydroxylation is 2. The van der Waals surface area contributed by atoms with Crippen LogP contribution in [0.5, 0.6) is 11.5 Å². The van der Waals surface area contributed by atoms with Crippen LogP contribution in [0.2, 0.25) is 0 Å². The molecule has 1 aliphatic heterocycles. The minimum atomic E-state index is -1.15. The molecule has 0 radical (unpaired) electrons. The van der Waals surface area contributed by atoms with E-state index in [4.69, 9.17) is 20.4 Å². The molecule has 3 N–H and O–H groups in total. The highest BCUT2D eigenvalue weighted by Crippen LogP contribution is 2.38. The molecule has 11 heteroatoms. The van der Waals surface area contributed by atoms with Gasteiger partial charge in [0, 0.05) is 59.8 Å². The number of hydrogen-bond donors (Lipinski definition) is 2. The number of rotatable bonds is 6. The van der Waals surface area contributed by atoms with Crippen molar-refractivity contribution in [3.63, 3.8) is 0 Å². The van der Waals surface area contributed by atoms with Gasteiger partial charge in [0.05, 0.1) is 36.1 Å². The number of benzene rings is 2. The number of fused-ring (bicyclic) bond motifs is 3. The van der Waals surface area contributed by atoms with Crippen molar-refractivity contribution in [1.82, 2.24) is 29.0 Å². The number of aromatic nitrogens is 5. The second-order valence-electron chi connectivity index (χ2n) is 13.1. The molecule has 0 bridgehead atoms. The molecular weight excluding hydrogens is 597 g/mol. The second kappa shape index (κ2) is 11.0. The molecule has 2 aliphatic rings. The summed E-state index contributed by atoms with van der Waals surface area (Å²) in [5, 5.41) is 12.3. The van der Waals surface area contributed by atoms with E-state index in [2.05, 4.69) is 21.7 Å². The van der Waals surface area contributed by atoms with Gasteiger partial charge < -0.3 is 29.6 Å². The SMILES string of the molecule is COc1cc(C(=O)N2C[C@H](N)C[C@@H](F)C2)cc2nc(-c3cc4ccc(-c5ccc6nc(C)cc(O)c6c5)nc4n3CC3CC3)n(C)c12. The topological polar surface area (TPSA) is 124 Å². The lowest BCUT2D eigenvalue weighted by atomic mass is 10.0. The third kappa shape index (κ3) is 5.14. The van der Waals surface area contributed by atoms with Crippen molar-refractivity contribution in [2.75, 3.05) is 20.2 Å². The third-order valence-electron chi connectivity index (χ3n) is 9.44. The molecule has 0 spiro atoms. The Morgan fingerprint density at radius 3 is 2.64 bits per heavy atom. The first-order valence-corrected chi connectivity index (χ1v) is 16.0. The van der Waals surface area contributed by atoms with Gasteiger partial charge in [-0.1, -0.05) is 6.07 Å². The summed E-state index contributed by atoms with van der Waals surface area (Å²) in [5.74, 6) is 1.71. The molecule has 1 amide bonds. The molecule has 8 rings (SSSR count). The molecule has 5 heterocycles. The largest absolute Gasteiger partial charge is 0.507 e. The maximum atomic E-state index is 14.3.